The van der Waals surface area contributed by atoms with E-state index in [1.54, 1.807) is 4.90 Å². The smallest absolute Gasteiger partial charge is 0.248 e. The summed E-state index contributed by atoms with van der Waals surface area (Å²) < 4.78 is 45.9. The molecule has 1 saturated carbocycles. The molecule has 2 fully saturated rings. The monoisotopic (exact) mass is 384 g/mol. The summed E-state index contributed by atoms with van der Waals surface area (Å²) in [6.07, 6.45) is 5.70. The van der Waals surface area contributed by atoms with E-state index in [-0.39, 0.29) is 29.6 Å². The fourth-order valence-corrected chi connectivity index (χ4v) is 4.79. The molecule has 144 valence electrons. The van der Waals surface area contributed by atoms with Crippen LogP contribution >= 0.6 is 0 Å². The lowest BCUT2D eigenvalue weighted by Gasteiger charge is -2.32. The average molecular weight is 384 g/mol. The Labute approximate surface area is 153 Å². The lowest BCUT2D eigenvalue weighted by atomic mass is 10.1. The zero-order chi connectivity index (χ0) is 18.6. The molecule has 0 spiro atoms. The molecule has 1 N–H and O–H groups in total. The second-order valence-electron chi connectivity index (χ2n) is 6.95. The van der Waals surface area contributed by atoms with Crippen LogP contribution in [0.4, 0.5) is 4.39 Å². The molecule has 0 bridgehead atoms. The third-order valence-electron chi connectivity index (χ3n) is 5.04. The van der Waals surface area contributed by atoms with Crippen molar-refractivity contribution in [1.29, 1.82) is 0 Å². The summed E-state index contributed by atoms with van der Waals surface area (Å²) >= 11 is 0. The molecule has 0 unspecified atom stereocenters. The number of hydrogen-bond donors (Lipinski definition) is 1. The van der Waals surface area contributed by atoms with Crippen LogP contribution in [0.1, 0.15) is 38.5 Å². The number of hydrogen-bond acceptors (Lipinski definition) is 4. The molecule has 26 heavy (non-hydrogen) atoms. The van der Waals surface area contributed by atoms with Crippen molar-refractivity contribution in [2.75, 3.05) is 19.7 Å². The Hall–Kier alpha value is -1.51. The molecule has 1 saturated heterocycles. The van der Waals surface area contributed by atoms with Gasteiger partial charge < -0.3 is 9.64 Å². The zero-order valence-corrected chi connectivity index (χ0v) is 15.5. The Morgan fingerprint density at radius 1 is 1.12 bits per heavy atom. The van der Waals surface area contributed by atoms with Crippen LogP contribution in [-0.2, 0) is 19.6 Å². The summed E-state index contributed by atoms with van der Waals surface area (Å²) in [4.78, 5) is 14.0. The maximum atomic E-state index is 13.0. The minimum atomic E-state index is -3.68. The van der Waals surface area contributed by atoms with E-state index >= 15 is 0 Å². The van der Waals surface area contributed by atoms with Crippen LogP contribution in [0.15, 0.2) is 29.2 Å². The average Bonchev–Trinajstić information content (AvgIpc) is 3.14. The zero-order valence-electron chi connectivity index (χ0n) is 14.7. The van der Waals surface area contributed by atoms with Gasteiger partial charge in [-0.2, -0.15) is 0 Å². The predicted octanol–water partition coefficient (Wildman–Crippen LogP) is 2.05. The van der Waals surface area contributed by atoms with Crippen molar-refractivity contribution in [3.8, 4) is 0 Å². The van der Waals surface area contributed by atoms with Crippen molar-refractivity contribution in [3.05, 3.63) is 30.1 Å². The van der Waals surface area contributed by atoms with Gasteiger partial charge in [-0.1, -0.05) is 12.8 Å². The molecule has 0 atom stereocenters. The van der Waals surface area contributed by atoms with Crippen molar-refractivity contribution >= 4 is 15.9 Å². The Bertz CT molecular complexity index is 709. The van der Waals surface area contributed by atoms with Gasteiger partial charge in [0, 0.05) is 19.1 Å². The van der Waals surface area contributed by atoms with Crippen LogP contribution in [-0.4, -0.2) is 51.1 Å². The predicted molar refractivity (Wildman–Crippen MR) is 94.5 cm³/mol. The number of piperidine rings is 1. The van der Waals surface area contributed by atoms with Gasteiger partial charge in [0.25, 0.3) is 0 Å². The number of likely N-dealkylation sites (tertiary alicyclic amines) is 1. The number of carbonyl (C=O) groups is 1. The largest absolute Gasteiger partial charge is 0.368 e. The second-order valence-corrected chi connectivity index (χ2v) is 8.66. The molecule has 6 nitrogen and oxygen atoms in total. The highest BCUT2D eigenvalue weighted by Crippen LogP contribution is 2.21. The molecular formula is C18H25FN2O4S. The van der Waals surface area contributed by atoms with Gasteiger partial charge in [-0.3, -0.25) is 4.79 Å². The first kappa shape index (κ1) is 19.3. The van der Waals surface area contributed by atoms with Gasteiger partial charge in [0.05, 0.1) is 11.0 Å². The fraction of sp³-hybridized carbons (Fsp3) is 0.611. The maximum Gasteiger partial charge on any atom is 0.248 e. The van der Waals surface area contributed by atoms with Gasteiger partial charge in [0.2, 0.25) is 15.9 Å². The van der Waals surface area contributed by atoms with E-state index < -0.39 is 15.8 Å². The molecular weight excluding hydrogens is 359 g/mol. The lowest BCUT2D eigenvalue weighted by Crippen LogP contribution is -2.47. The third-order valence-corrected chi connectivity index (χ3v) is 6.57. The molecule has 1 aromatic rings. The first-order valence-corrected chi connectivity index (χ1v) is 10.6. The fourth-order valence-electron chi connectivity index (χ4n) is 3.48. The lowest BCUT2D eigenvalue weighted by molar-refractivity contribution is -0.139. The van der Waals surface area contributed by atoms with Crippen molar-refractivity contribution in [2.24, 2.45) is 0 Å². The Morgan fingerprint density at radius 3 is 2.35 bits per heavy atom. The van der Waals surface area contributed by atoms with Crippen molar-refractivity contribution in [2.45, 2.75) is 55.6 Å². The summed E-state index contributed by atoms with van der Waals surface area (Å²) in [5, 5.41) is 0. The molecule has 1 amide bonds. The number of carbonyl (C=O) groups excluding carboxylic acids is 1. The Balaban J connectivity index is 1.45. The molecule has 1 heterocycles. The number of nitrogens with one attached hydrogen (secondary N) is 1. The summed E-state index contributed by atoms with van der Waals surface area (Å²) in [5.41, 5.74) is 0. The van der Waals surface area contributed by atoms with Gasteiger partial charge in [0.1, 0.15) is 12.4 Å². The Kier molecular flexibility index (Phi) is 6.26. The summed E-state index contributed by atoms with van der Waals surface area (Å²) in [5.74, 6) is -0.507. The molecule has 8 heteroatoms. The van der Waals surface area contributed by atoms with Gasteiger partial charge in [-0.25, -0.2) is 17.5 Å². The number of nitrogens with zero attached hydrogens (tertiary/aromatic N) is 1. The molecule has 1 aromatic carbocycles. The van der Waals surface area contributed by atoms with Crippen LogP contribution < -0.4 is 4.72 Å². The number of amides is 1. The summed E-state index contributed by atoms with van der Waals surface area (Å²) in [6, 6.07) is 4.51. The van der Waals surface area contributed by atoms with Crippen LogP contribution in [0.2, 0.25) is 0 Å². The third kappa shape index (κ3) is 5.02. The van der Waals surface area contributed by atoms with E-state index in [2.05, 4.69) is 4.72 Å². The highest BCUT2D eigenvalue weighted by atomic mass is 32.2. The van der Waals surface area contributed by atoms with Gasteiger partial charge in [-0.15, -0.1) is 0 Å². The quantitative estimate of drug-likeness (QED) is 0.815. The van der Waals surface area contributed by atoms with E-state index in [4.69, 9.17) is 4.74 Å². The number of sulfonamides is 1. The van der Waals surface area contributed by atoms with E-state index in [1.165, 1.54) is 25.0 Å². The van der Waals surface area contributed by atoms with Gasteiger partial charge in [0.15, 0.2) is 0 Å². The summed E-state index contributed by atoms with van der Waals surface area (Å²) in [7, 11) is -3.68. The van der Waals surface area contributed by atoms with E-state index in [0.29, 0.717) is 25.9 Å². The summed E-state index contributed by atoms with van der Waals surface area (Å²) in [6.45, 7) is 1.11. The first-order valence-electron chi connectivity index (χ1n) is 9.11. The standard InChI is InChI=1S/C18H25FN2O4S/c19-14-5-7-17(8-6-14)26(23,24)20-15-9-11-21(12-10-15)18(22)13-25-16-3-1-2-4-16/h5-8,15-16,20H,1-4,9-13H2. The highest BCUT2D eigenvalue weighted by Gasteiger charge is 2.27. The maximum absolute atomic E-state index is 13.0. The highest BCUT2D eigenvalue weighted by molar-refractivity contribution is 7.89. The molecule has 3 rings (SSSR count). The van der Waals surface area contributed by atoms with Crippen LogP contribution in [0.25, 0.3) is 0 Å². The molecule has 0 aromatic heterocycles. The van der Waals surface area contributed by atoms with Crippen molar-refractivity contribution < 1.29 is 22.3 Å². The van der Waals surface area contributed by atoms with Crippen molar-refractivity contribution in [3.63, 3.8) is 0 Å². The van der Waals surface area contributed by atoms with Crippen LogP contribution in [0.3, 0.4) is 0 Å². The van der Waals surface area contributed by atoms with E-state index in [9.17, 15) is 17.6 Å². The normalized spacial score (nSPS) is 19.8. The van der Waals surface area contributed by atoms with Crippen molar-refractivity contribution in [1.82, 2.24) is 9.62 Å². The van der Waals surface area contributed by atoms with Crippen LogP contribution in [0.5, 0.6) is 0 Å². The number of rotatable bonds is 6. The topological polar surface area (TPSA) is 75.7 Å². The first-order chi connectivity index (χ1) is 12.4. The molecule has 1 aliphatic carbocycles. The van der Waals surface area contributed by atoms with Gasteiger partial charge in [-0.05, 0) is 49.9 Å². The molecule has 1 aliphatic heterocycles. The number of ether oxygens (including phenoxy) is 1. The number of halogens is 1. The van der Waals surface area contributed by atoms with E-state index in [1.807, 2.05) is 0 Å². The van der Waals surface area contributed by atoms with Gasteiger partial charge >= 0.3 is 0 Å². The Morgan fingerprint density at radius 2 is 1.73 bits per heavy atom. The molecule has 0 radical (unpaired) electrons. The SMILES string of the molecule is O=C(COC1CCCC1)N1CCC(NS(=O)(=O)c2ccc(F)cc2)CC1. The van der Waals surface area contributed by atoms with Crippen LogP contribution in [0, 0.1) is 5.82 Å². The minimum Gasteiger partial charge on any atom is -0.368 e. The number of benzene rings is 1. The molecule has 2 aliphatic rings. The second kappa shape index (κ2) is 8.45. The van der Waals surface area contributed by atoms with E-state index in [0.717, 1.165) is 25.0 Å². The minimum absolute atomic E-state index is 0.0308.